The number of pyridine rings is 1. The van der Waals surface area contributed by atoms with Gasteiger partial charge in [-0.05, 0) is 47.9 Å². The number of carbonyl (C=O) groups is 3. The van der Waals surface area contributed by atoms with Gasteiger partial charge in [0.2, 0.25) is 0 Å². The van der Waals surface area contributed by atoms with E-state index >= 15 is 0 Å². The van der Waals surface area contributed by atoms with Crippen LogP contribution in [0.15, 0.2) is 72.6 Å². The van der Waals surface area contributed by atoms with Crippen LogP contribution in [0.3, 0.4) is 0 Å². The Morgan fingerprint density at radius 2 is 1.82 bits per heavy atom. The molecule has 0 saturated carbocycles. The van der Waals surface area contributed by atoms with Gasteiger partial charge in [-0.1, -0.05) is 30.3 Å². The molecule has 1 N–H and O–H groups in total. The van der Waals surface area contributed by atoms with Crippen LogP contribution in [0, 0.1) is 12.7 Å². The first-order valence-corrected chi connectivity index (χ1v) is 10.4. The Balaban J connectivity index is 1.86. The van der Waals surface area contributed by atoms with E-state index in [1.807, 2.05) is 0 Å². The van der Waals surface area contributed by atoms with Crippen molar-refractivity contribution < 1.29 is 28.6 Å². The van der Waals surface area contributed by atoms with Crippen molar-refractivity contribution in [1.82, 2.24) is 9.88 Å². The third-order valence-electron chi connectivity index (χ3n) is 5.71. The molecule has 1 aliphatic heterocycles. The molecule has 0 spiro atoms. The van der Waals surface area contributed by atoms with Gasteiger partial charge in [0.25, 0.3) is 11.7 Å². The SMILES string of the molecule is COC(=O)c1ccc([C@H]2C(=C(O)c3ccc(C)c(F)c3)C(=O)C(=O)N2Cc2cccnc2)cc1. The van der Waals surface area contributed by atoms with Crippen molar-refractivity contribution in [2.75, 3.05) is 7.11 Å². The number of benzene rings is 2. The van der Waals surface area contributed by atoms with Crippen molar-refractivity contribution in [1.29, 1.82) is 0 Å². The molecule has 2 aromatic carbocycles. The van der Waals surface area contributed by atoms with E-state index in [1.165, 1.54) is 36.3 Å². The van der Waals surface area contributed by atoms with Gasteiger partial charge in [-0.3, -0.25) is 14.6 Å². The molecule has 8 heteroatoms. The molecule has 1 atom stereocenters. The van der Waals surface area contributed by atoms with Gasteiger partial charge in [-0.15, -0.1) is 0 Å². The number of aryl methyl sites for hydroxylation is 1. The van der Waals surface area contributed by atoms with Crippen molar-refractivity contribution in [3.05, 3.63) is 106 Å². The third kappa shape index (κ3) is 4.17. The number of halogens is 1. The van der Waals surface area contributed by atoms with Crippen LogP contribution in [-0.2, 0) is 20.9 Å². The number of ketones is 1. The van der Waals surface area contributed by atoms with Gasteiger partial charge in [0.1, 0.15) is 11.6 Å². The maximum Gasteiger partial charge on any atom is 0.337 e. The zero-order valence-corrected chi connectivity index (χ0v) is 18.5. The number of likely N-dealkylation sites (tertiary alicyclic amines) is 1. The maximum absolute atomic E-state index is 14.2. The first-order chi connectivity index (χ1) is 16.3. The zero-order chi connectivity index (χ0) is 24.4. The van der Waals surface area contributed by atoms with Gasteiger partial charge in [0.05, 0.1) is 24.3 Å². The lowest BCUT2D eigenvalue weighted by molar-refractivity contribution is -0.140. The average molecular weight is 460 g/mol. The summed E-state index contributed by atoms with van der Waals surface area (Å²) in [5.41, 5.74) is 1.76. The van der Waals surface area contributed by atoms with Gasteiger partial charge in [-0.2, -0.15) is 0 Å². The predicted molar refractivity (Wildman–Crippen MR) is 121 cm³/mol. The molecule has 2 heterocycles. The molecule has 1 saturated heterocycles. The van der Waals surface area contributed by atoms with Gasteiger partial charge < -0.3 is 14.7 Å². The van der Waals surface area contributed by atoms with Gasteiger partial charge >= 0.3 is 5.97 Å². The van der Waals surface area contributed by atoms with E-state index in [4.69, 9.17) is 4.74 Å². The molecule has 4 rings (SSSR count). The molecule has 1 aliphatic rings. The van der Waals surface area contributed by atoms with Crippen molar-refractivity contribution in [3.63, 3.8) is 0 Å². The van der Waals surface area contributed by atoms with Gasteiger partial charge in [-0.25, -0.2) is 9.18 Å². The Hall–Kier alpha value is -4.33. The molecule has 3 aromatic rings. The molecular weight excluding hydrogens is 439 g/mol. The van der Waals surface area contributed by atoms with Crippen molar-refractivity contribution in [2.24, 2.45) is 0 Å². The summed E-state index contributed by atoms with van der Waals surface area (Å²) >= 11 is 0. The minimum absolute atomic E-state index is 0.0564. The van der Waals surface area contributed by atoms with Crippen LogP contribution < -0.4 is 0 Å². The Kier molecular flexibility index (Phi) is 6.23. The second-order valence-electron chi connectivity index (χ2n) is 7.87. The van der Waals surface area contributed by atoms with Crippen LogP contribution in [0.4, 0.5) is 4.39 Å². The van der Waals surface area contributed by atoms with Crippen LogP contribution in [0.5, 0.6) is 0 Å². The van der Waals surface area contributed by atoms with E-state index in [9.17, 15) is 23.9 Å². The molecule has 1 fully saturated rings. The van der Waals surface area contributed by atoms with Crippen LogP contribution in [0.25, 0.3) is 5.76 Å². The number of amides is 1. The summed E-state index contributed by atoms with van der Waals surface area (Å²) in [7, 11) is 1.26. The number of rotatable bonds is 5. The van der Waals surface area contributed by atoms with E-state index < -0.39 is 35.3 Å². The van der Waals surface area contributed by atoms with Crippen molar-refractivity contribution in [2.45, 2.75) is 19.5 Å². The summed E-state index contributed by atoms with van der Waals surface area (Å²) in [5, 5.41) is 11.0. The number of aliphatic hydroxyl groups excluding tert-OH is 1. The minimum Gasteiger partial charge on any atom is -0.507 e. The van der Waals surface area contributed by atoms with E-state index in [0.29, 0.717) is 16.7 Å². The van der Waals surface area contributed by atoms with Gasteiger partial charge in [0.15, 0.2) is 0 Å². The number of Topliss-reactive ketones (excluding diaryl/α,β-unsaturated/α-hetero) is 1. The molecule has 0 aliphatic carbocycles. The fraction of sp³-hybridized carbons (Fsp3) is 0.154. The van der Waals surface area contributed by atoms with E-state index in [2.05, 4.69) is 4.98 Å². The highest BCUT2D eigenvalue weighted by molar-refractivity contribution is 6.46. The topological polar surface area (TPSA) is 96.8 Å². The summed E-state index contributed by atoms with van der Waals surface area (Å²) in [5.74, 6) is -3.25. The van der Waals surface area contributed by atoms with Crippen molar-refractivity contribution >= 4 is 23.4 Å². The number of methoxy groups -OCH3 is 1. The largest absolute Gasteiger partial charge is 0.507 e. The highest BCUT2D eigenvalue weighted by atomic mass is 19.1. The number of hydrogen-bond acceptors (Lipinski definition) is 6. The zero-order valence-electron chi connectivity index (χ0n) is 18.5. The normalized spacial score (nSPS) is 17.1. The quantitative estimate of drug-likeness (QED) is 0.268. The van der Waals surface area contributed by atoms with E-state index in [1.54, 1.807) is 43.6 Å². The second-order valence-corrected chi connectivity index (χ2v) is 7.87. The Labute approximate surface area is 195 Å². The number of carbonyl (C=O) groups excluding carboxylic acids is 3. The van der Waals surface area contributed by atoms with Crippen molar-refractivity contribution in [3.8, 4) is 0 Å². The highest BCUT2D eigenvalue weighted by Gasteiger charge is 2.46. The molecule has 172 valence electrons. The number of aromatic nitrogens is 1. The number of ether oxygens (including phenoxy) is 1. The summed E-state index contributed by atoms with van der Waals surface area (Å²) < 4.78 is 18.9. The first-order valence-electron chi connectivity index (χ1n) is 10.4. The smallest absolute Gasteiger partial charge is 0.337 e. The summed E-state index contributed by atoms with van der Waals surface area (Å²) in [6.07, 6.45) is 3.17. The molecule has 1 aromatic heterocycles. The van der Waals surface area contributed by atoms with Crippen LogP contribution in [0.1, 0.15) is 38.7 Å². The molecule has 0 radical (unpaired) electrons. The van der Waals surface area contributed by atoms with Crippen LogP contribution in [0.2, 0.25) is 0 Å². The van der Waals surface area contributed by atoms with E-state index in [0.717, 1.165) is 6.07 Å². The lowest BCUT2D eigenvalue weighted by Gasteiger charge is -2.25. The molecule has 7 nitrogen and oxygen atoms in total. The molecule has 0 unspecified atom stereocenters. The highest BCUT2D eigenvalue weighted by Crippen LogP contribution is 2.40. The fourth-order valence-corrected chi connectivity index (χ4v) is 3.89. The lowest BCUT2D eigenvalue weighted by Crippen LogP contribution is -2.29. The Morgan fingerprint density at radius 1 is 1.12 bits per heavy atom. The number of esters is 1. The molecule has 34 heavy (non-hydrogen) atoms. The monoisotopic (exact) mass is 460 g/mol. The Morgan fingerprint density at radius 3 is 2.44 bits per heavy atom. The molecular formula is C26H21FN2O5. The van der Waals surface area contributed by atoms with Crippen LogP contribution >= 0.6 is 0 Å². The maximum atomic E-state index is 14.2. The number of nitrogens with zero attached hydrogens (tertiary/aromatic N) is 2. The summed E-state index contributed by atoms with van der Waals surface area (Å²) in [6.45, 7) is 1.63. The third-order valence-corrected chi connectivity index (χ3v) is 5.71. The van der Waals surface area contributed by atoms with Crippen LogP contribution in [-0.4, -0.2) is 39.8 Å². The second kappa shape index (κ2) is 9.27. The predicted octanol–water partition coefficient (Wildman–Crippen LogP) is 3.94. The van der Waals surface area contributed by atoms with E-state index in [-0.39, 0.29) is 23.2 Å². The average Bonchev–Trinajstić information content (AvgIpc) is 3.10. The number of aliphatic hydroxyl groups is 1. The first kappa shape index (κ1) is 22.8. The molecule has 1 amide bonds. The molecule has 0 bridgehead atoms. The minimum atomic E-state index is -0.962. The fourth-order valence-electron chi connectivity index (χ4n) is 3.89. The summed E-state index contributed by atoms with van der Waals surface area (Å²) in [6, 6.07) is 12.8. The van der Waals surface area contributed by atoms with Gasteiger partial charge in [0, 0.05) is 24.5 Å². The number of hydrogen-bond donors (Lipinski definition) is 1. The lowest BCUT2D eigenvalue weighted by atomic mass is 9.94. The Bertz CT molecular complexity index is 1300. The summed E-state index contributed by atoms with van der Waals surface area (Å²) in [4.78, 5) is 43.3. The standard InChI is InChI=1S/C26H21FN2O5/c1-15-5-6-19(12-20(15)27)23(30)21-22(17-7-9-18(10-8-17)26(33)34-2)29(25(32)24(21)31)14-16-4-3-11-28-13-16/h3-13,22,30H,14H2,1-2H3/t22-/m0/s1.